The Hall–Kier alpha value is -1.90. The first-order valence-corrected chi connectivity index (χ1v) is 11.3. The van der Waals surface area contributed by atoms with Gasteiger partial charge in [-0.25, -0.2) is 13.1 Å². The van der Waals surface area contributed by atoms with E-state index in [0.29, 0.717) is 12.2 Å². The Morgan fingerprint density at radius 2 is 1.82 bits per heavy atom. The van der Waals surface area contributed by atoms with Gasteiger partial charge in [-0.05, 0) is 62.2 Å². The van der Waals surface area contributed by atoms with Gasteiger partial charge in [0.15, 0.2) is 6.61 Å². The summed E-state index contributed by atoms with van der Waals surface area (Å²) in [6, 6.07) is 13.4. The SMILES string of the molecule is CC[C@@H](C)NS(=O)(=O)c1ccc(OCC(=O)N[C@@H](C)c2cccc(Br)c2)cc1. The second-order valence-electron chi connectivity index (χ2n) is 6.53. The van der Waals surface area contributed by atoms with E-state index in [9.17, 15) is 13.2 Å². The van der Waals surface area contributed by atoms with E-state index in [0.717, 1.165) is 10.0 Å². The van der Waals surface area contributed by atoms with E-state index in [4.69, 9.17) is 4.74 Å². The molecule has 0 spiro atoms. The first-order valence-electron chi connectivity index (χ1n) is 9.01. The highest BCUT2D eigenvalue weighted by molar-refractivity contribution is 9.10. The van der Waals surface area contributed by atoms with E-state index >= 15 is 0 Å². The average Bonchev–Trinajstić information content (AvgIpc) is 2.66. The summed E-state index contributed by atoms with van der Waals surface area (Å²) in [6.07, 6.45) is 0.702. The summed E-state index contributed by atoms with van der Waals surface area (Å²) in [5.41, 5.74) is 0.978. The van der Waals surface area contributed by atoms with Crippen LogP contribution < -0.4 is 14.8 Å². The molecule has 8 heteroatoms. The maximum Gasteiger partial charge on any atom is 0.258 e. The quantitative estimate of drug-likeness (QED) is 0.586. The first-order chi connectivity index (χ1) is 13.2. The van der Waals surface area contributed by atoms with Gasteiger partial charge in [-0.15, -0.1) is 0 Å². The van der Waals surface area contributed by atoms with Crippen LogP contribution >= 0.6 is 15.9 Å². The normalized spacial score (nSPS) is 13.6. The number of rotatable bonds is 9. The summed E-state index contributed by atoms with van der Waals surface area (Å²) in [4.78, 5) is 12.3. The summed E-state index contributed by atoms with van der Waals surface area (Å²) in [6.45, 7) is 5.45. The van der Waals surface area contributed by atoms with Crippen molar-refractivity contribution in [3.05, 3.63) is 58.6 Å². The second kappa shape index (κ2) is 10.0. The lowest BCUT2D eigenvalue weighted by Gasteiger charge is -2.15. The van der Waals surface area contributed by atoms with Crippen LogP contribution in [0.5, 0.6) is 5.75 Å². The van der Waals surface area contributed by atoms with Crippen LogP contribution in [0.3, 0.4) is 0 Å². The molecular formula is C20H25BrN2O4S. The van der Waals surface area contributed by atoms with Crippen molar-refractivity contribution >= 4 is 31.9 Å². The fourth-order valence-electron chi connectivity index (χ4n) is 2.42. The van der Waals surface area contributed by atoms with Crippen molar-refractivity contribution in [3.63, 3.8) is 0 Å². The minimum Gasteiger partial charge on any atom is -0.484 e. The molecule has 2 aromatic rings. The topological polar surface area (TPSA) is 84.5 Å². The lowest BCUT2D eigenvalue weighted by atomic mass is 10.1. The zero-order valence-electron chi connectivity index (χ0n) is 16.1. The van der Waals surface area contributed by atoms with Gasteiger partial charge in [0.1, 0.15) is 5.75 Å². The Kier molecular flexibility index (Phi) is 8.03. The summed E-state index contributed by atoms with van der Waals surface area (Å²) in [5.74, 6) is 0.162. The lowest BCUT2D eigenvalue weighted by Crippen LogP contribution is -2.32. The molecule has 0 saturated carbocycles. The van der Waals surface area contributed by atoms with Crippen LogP contribution in [0.15, 0.2) is 57.9 Å². The Labute approximate surface area is 174 Å². The zero-order valence-corrected chi connectivity index (χ0v) is 18.5. The molecule has 2 N–H and O–H groups in total. The van der Waals surface area contributed by atoms with Crippen molar-refractivity contribution in [2.45, 2.75) is 44.2 Å². The van der Waals surface area contributed by atoms with Gasteiger partial charge in [0.05, 0.1) is 10.9 Å². The van der Waals surface area contributed by atoms with E-state index in [1.54, 1.807) is 0 Å². The van der Waals surface area contributed by atoms with Crippen molar-refractivity contribution in [2.75, 3.05) is 6.61 Å². The molecule has 0 unspecified atom stereocenters. The van der Waals surface area contributed by atoms with Crippen LogP contribution in [0.25, 0.3) is 0 Å². The number of nitrogens with one attached hydrogen (secondary N) is 2. The smallest absolute Gasteiger partial charge is 0.258 e. The van der Waals surface area contributed by atoms with Gasteiger partial charge in [0.25, 0.3) is 5.91 Å². The molecule has 0 fully saturated rings. The molecular weight excluding hydrogens is 444 g/mol. The Morgan fingerprint density at radius 1 is 1.14 bits per heavy atom. The van der Waals surface area contributed by atoms with E-state index < -0.39 is 10.0 Å². The van der Waals surface area contributed by atoms with Crippen LogP contribution in [0.4, 0.5) is 0 Å². The summed E-state index contributed by atoms with van der Waals surface area (Å²) in [5, 5.41) is 2.87. The van der Waals surface area contributed by atoms with Crippen LogP contribution in [-0.2, 0) is 14.8 Å². The molecule has 2 aromatic carbocycles. The van der Waals surface area contributed by atoms with E-state index in [2.05, 4.69) is 26.0 Å². The van der Waals surface area contributed by atoms with Gasteiger partial charge in [-0.3, -0.25) is 4.79 Å². The highest BCUT2D eigenvalue weighted by Crippen LogP contribution is 2.18. The van der Waals surface area contributed by atoms with Gasteiger partial charge >= 0.3 is 0 Å². The van der Waals surface area contributed by atoms with E-state index in [-0.39, 0.29) is 29.5 Å². The van der Waals surface area contributed by atoms with Crippen LogP contribution in [0.2, 0.25) is 0 Å². The molecule has 0 aliphatic heterocycles. The van der Waals surface area contributed by atoms with Crippen molar-refractivity contribution in [1.29, 1.82) is 0 Å². The Morgan fingerprint density at radius 3 is 2.43 bits per heavy atom. The molecule has 0 saturated heterocycles. The maximum atomic E-state index is 12.2. The number of sulfonamides is 1. The second-order valence-corrected chi connectivity index (χ2v) is 9.16. The Bertz CT molecular complexity index is 901. The zero-order chi connectivity index (χ0) is 20.7. The van der Waals surface area contributed by atoms with Crippen LogP contribution in [0.1, 0.15) is 38.8 Å². The molecule has 6 nitrogen and oxygen atoms in total. The van der Waals surface area contributed by atoms with Gasteiger partial charge < -0.3 is 10.1 Å². The molecule has 0 bridgehead atoms. The molecule has 2 atom stereocenters. The van der Waals surface area contributed by atoms with Gasteiger partial charge in [-0.2, -0.15) is 0 Å². The third-order valence-electron chi connectivity index (χ3n) is 4.20. The highest BCUT2D eigenvalue weighted by Gasteiger charge is 2.16. The lowest BCUT2D eigenvalue weighted by molar-refractivity contribution is -0.123. The molecule has 0 aliphatic carbocycles. The first kappa shape index (κ1) is 22.4. The minimum atomic E-state index is -3.56. The molecule has 0 aromatic heterocycles. The third kappa shape index (κ3) is 6.61. The Balaban J connectivity index is 1.89. The number of carbonyl (C=O) groups is 1. The van der Waals surface area contributed by atoms with Crippen LogP contribution in [0, 0.1) is 0 Å². The standard InChI is InChI=1S/C20H25BrN2O4S/c1-4-14(2)23-28(25,26)19-10-8-18(9-11-19)27-13-20(24)22-15(3)16-6-5-7-17(21)12-16/h5-12,14-15,23H,4,13H2,1-3H3,(H,22,24)/t14-,15+/m1/s1. The summed E-state index contributed by atoms with van der Waals surface area (Å²) < 4.78 is 33.5. The number of carbonyl (C=O) groups excluding carboxylic acids is 1. The van der Waals surface area contributed by atoms with Crippen LogP contribution in [-0.4, -0.2) is 27.0 Å². The molecule has 1 amide bonds. The number of amides is 1. The molecule has 28 heavy (non-hydrogen) atoms. The van der Waals surface area contributed by atoms with Crippen molar-refractivity contribution < 1.29 is 17.9 Å². The predicted molar refractivity (Wildman–Crippen MR) is 113 cm³/mol. The van der Waals surface area contributed by atoms with E-state index in [1.165, 1.54) is 24.3 Å². The monoisotopic (exact) mass is 468 g/mol. The molecule has 0 heterocycles. The van der Waals surface area contributed by atoms with Crippen molar-refractivity contribution in [2.24, 2.45) is 0 Å². The largest absolute Gasteiger partial charge is 0.484 e. The predicted octanol–water partition coefficient (Wildman–Crippen LogP) is 3.78. The van der Waals surface area contributed by atoms with Gasteiger partial charge in [-0.1, -0.05) is 35.0 Å². The average molecular weight is 469 g/mol. The van der Waals surface area contributed by atoms with Crippen molar-refractivity contribution in [1.82, 2.24) is 10.0 Å². The molecule has 0 aliphatic rings. The molecule has 0 radical (unpaired) electrons. The summed E-state index contributed by atoms with van der Waals surface area (Å²) in [7, 11) is -3.56. The fraction of sp³-hybridized carbons (Fsp3) is 0.350. The maximum absolute atomic E-state index is 12.2. The number of hydrogen-bond acceptors (Lipinski definition) is 4. The number of halogens is 1. The van der Waals surface area contributed by atoms with Gasteiger partial charge in [0.2, 0.25) is 10.0 Å². The fourth-order valence-corrected chi connectivity index (χ4v) is 4.17. The number of ether oxygens (including phenoxy) is 1. The van der Waals surface area contributed by atoms with Gasteiger partial charge in [0, 0.05) is 10.5 Å². The molecule has 152 valence electrons. The van der Waals surface area contributed by atoms with Crippen molar-refractivity contribution in [3.8, 4) is 5.75 Å². The highest BCUT2D eigenvalue weighted by atomic mass is 79.9. The minimum absolute atomic E-state index is 0.142. The number of benzene rings is 2. The van der Waals surface area contributed by atoms with E-state index in [1.807, 2.05) is 45.0 Å². The number of hydrogen-bond donors (Lipinski definition) is 2. The molecule has 2 rings (SSSR count). The summed E-state index contributed by atoms with van der Waals surface area (Å²) >= 11 is 3.41. The third-order valence-corrected chi connectivity index (χ3v) is 6.30.